The van der Waals surface area contributed by atoms with Crippen molar-refractivity contribution >= 4 is 27.5 Å². The molecule has 0 aliphatic heterocycles. The largest absolute Gasteiger partial charge is 0.334 e. The van der Waals surface area contributed by atoms with Gasteiger partial charge < -0.3 is 9.88 Å². The first-order valence-electron chi connectivity index (χ1n) is 8.47. The summed E-state index contributed by atoms with van der Waals surface area (Å²) in [5.41, 5.74) is 1.53. The number of aromatic nitrogens is 4. The quantitative estimate of drug-likeness (QED) is 0.574. The molecule has 7 nitrogen and oxygen atoms in total. The predicted molar refractivity (Wildman–Crippen MR) is 104 cm³/mol. The fourth-order valence-electron chi connectivity index (χ4n) is 2.98. The van der Waals surface area contributed by atoms with E-state index in [0.29, 0.717) is 27.3 Å². The number of halogens is 1. The zero-order chi connectivity index (χ0) is 19.8. The highest BCUT2D eigenvalue weighted by Crippen LogP contribution is 2.19. The molecule has 0 aliphatic carbocycles. The summed E-state index contributed by atoms with van der Waals surface area (Å²) in [6.07, 6.45) is 1.42. The average Bonchev–Trinajstić information content (AvgIpc) is 3.28. The lowest BCUT2D eigenvalue weighted by Crippen LogP contribution is -2.28. The number of hydrogen-bond donors (Lipinski definition) is 1. The maximum absolute atomic E-state index is 14.1. The number of benzene rings is 1. The Labute approximate surface area is 163 Å². The van der Waals surface area contributed by atoms with Crippen molar-refractivity contribution in [1.29, 1.82) is 0 Å². The molecule has 4 aromatic rings. The number of nitrogens with zero attached hydrogens (tertiary/aromatic N) is 4. The van der Waals surface area contributed by atoms with Crippen LogP contribution in [0.1, 0.15) is 21.9 Å². The summed E-state index contributed by atoms with van der Waals surface area (Å²) in [5.74, 6) is -0.328. The number of nitrogens with one attached hydrogen (secondary N) is 1. The second-order valence-corrected chi connectivity index (χ2v) is 7.23. The molecule has 9 heteroatoms. The summed E-state index contributed by atoms with van der Waals surface area (Å²) < 4.78 is 16.0. The second kappa shape index (κ2) is 7.01. The molecule has 28 heavy (non-hydrogen) atoms. The van der Waals surface area contributed by atoms with Gasteiger partial charge in [0, 0.05) is 7.05 Å². The van der Waals surface area contributed by atoms with Crippen molar-refractivity contribution in [3.05, 3.63) is 75.2 Å². The van der Waals surface area contributed by atoms with Crippen LogP contribution in [0.15, 0.2) is 46.7 Å². The number of thiophene rings is 1. The first kappa shape index (κ1) is 18.1. The first-order chi connectivity index (χ1) is 13.5. The van der Waals surface area contributed by atoms with Crippen LogP contribution in [0.3, 0.4) is 0 Å². The summed E-state index contributed by atoms with van der Waals surface area (Å²) in [4.78, 5) is 33.5. The van der Waals surface area contributed by atoms with Gasteiger partial charge in [-0.15, -0.1) is 11.3 Å². The third-order valence-corrected chi connectivity index (χ3v) is 5.32. The first-order valence-corrected chi connectivity index (χ1v) is 9.35. The van der Waals surface area contributed by atoms with Gasteiger partial charge in [0.1, 0.15) is 22.0 Å². The molecule has 0 unspecified atom stereocenters. The molecular weight excluding hydrogens is 381 g/mol. The van der Waals surface area contributed by atoms with Crippen molar-refractivity contribution in [3.8, 4) is 5.69 Å². The van der Waals surface area contributed by atoms with Crippen LogP contribution in [-0.4, -0.2) is 37.6 Å². The molecule has 1 N–H and O–H groups in total. The van der Waals surface area contributed by atoms with Crippen LogP contribution in [0.2, 0.25) is 0 Å². The Kier molecular flexibility index (Phi) is 4.52. The zero-order valence-corrected chi connectivity index (χ0v) is 16.0. The van der Waals surface area contributed by atoms with Crippen molar-refractivity contribution in [3.63, 3.8) is 0 Å². The van der Waals surface area contributed by atoms with Gasteiger partial charge in [0.2, 0.25) is 0 Å². The summed E-state index contributed by atoms with van der Waals surface area (Å²) in [5, 5.41) is 5.96. The number of H-pyrrole nitrogens is 1. The van der Waals surface area contributed by atoms with Gasteiger partial charge in [-0.1, -0.05) is 12.1 Å². The SMILES string of the molecule is Cc1c(C(=O)N(C)Cc2nc3ccsc3c(=O)[nH]2)cnn1-c1ccccc1F. The Hall–Kier alpha value is -3.33. The predicted octanol–water partition coefficient (Wildman–Crippen LogP) is 2.89. The molecule has 142 valence electrons. The molecule has 0 saturated carbocycles. The summed E-state index contributed by atoms with van der Waals surface area (Å²) in [6, 6.07) is 8.00. The van der Waals surface area contributed by atoms with E-state index in [0.717, 1.165) is 0 Å². The van der Waals surface area contributed by atoms with Crippen LogP contribution in [0.4, 0.5) is 4.39 Å². The van der Waals surface area contributed by atoms with E-state index in [9.17, 15) is 14.0 Å². The highest BCUT2D eigenvalue weighted by molar-refractivity contribution is 7.17. The van der Waals surface area contributed by atoms with E-state index in [1.54, 1.807) is 43.6 Å². The number of carbonyl (C=O) groups excluding carboxylic acids is 1. The summed E-state index contributed by atoms with van der Waals surface area (Å²) in [7, 11) is 1.61. The minimum Gasteiger partial charge on any atom is -0.334 e. The third-order valence-electron chi connectivity index (χ3n) is 4.42. The Morgan fingerprint density at radius 3 is 2.89 bits per heavy atom. The lowest BCUT2D eigenvalue weighted by Gasteiger charge is -2.16. The molecule has 3 aromatic heterocycles. The van der Waals surface area contributed by atoms with E-state index in [-0.39, 0.29) is 23.7 Å². The number of amides is 1. The van der Waals surface area contributed by atoms with Gasteiger partial charge in [-0.2, -0.15) is 5.10 Å². The number of fused-ring (bicyclic) bond motifs is 1. The van der Waals surface area contributed by atoms with E-state index in [4.69, 9.17) is 0 Å². The van der Waals surface area contributed by atoms with Gasteiger partial charge in [0.05, 0.1) is 29.5 Å². The molecule has 1 amide bonds. The molecule has 0 bridgehead atoms. The third kappa shape index (κ3) is 3.09. The van der Waals surface area contributed by atoms with Crippen LogP contribution in [0.5, 0.6) is 0 Å². The molecule has 0 aliphatic rings. The normalized spacial score (nSPS) is 11.1. The fourth-order valence-corrected chi connectivity index (χ4v) is 3.71. The van der Waals surface area contributed by atoms with Gasteiger partial charge in [-0.05, 0) is 30.5 Å². The highest BCUT2D eigenvalue weighted by Gasteiger charge is 2.20. The number of aromatic amines is 1. The lowest BCUT2D eigenvalue weighted by atomic mass is 10.2. The van der Waals surface area contributed by atoms with E-state index in [1.165, 1.54) is 33.2 Å². The number of hydrogen-bond acceptors (Lipinski definition) is 5. The van der Waals surface area contributed by atoms with Crippen LogP contribution < -0.4 is 5.56 Å². The van der Waals surface area contributed by atoms with Crippen LogP contribution in [0.25, 0.3) is 15.9 Å². The van der Waals surface area contributed by atoms with Gasteiger partial charge in [0.25, 0.3) is 11.5 Å². The Morgan fingerprint density at radius 2 is 2.11 bits per heavy atom. The molecular formula is C19H16FN5O2S. The number of rotatable bonds is 4. The van der Waals surface area contributed by atoms with Crippen LogP contribution in [0, 0.1) is 12.7 Å². The zero-order valence-electron chi connectivity index (χ0n) is 15.1. The molecule has 3 heterocycles. The monoisotopic (exact) mass is 397 g/mol. The Morgan fingerprint density at radius 1 is 1.32 bits per heavy atom. The van der Waals surface area contributed by atoms with Crippen molar-refractivity contribution < 1.29 is 9.18 Å². The van der Waals surface area contributed by atoms with Gasteiger partial charge in [-0.3, -0.25) is 9.59 Å². The van der Waals surface area contributed by atoms with E-state index >= 15 is 0 Å². The van der Waals surface area contributed by atoms with Gasteiger partial charge in [0.15, 0.2) is 0 Å². The Balaban J connectivity index is 1.60. The van der Waals surface area contributed by atoms with E-state index < -0.39 is 5.82 Å². The highest BCUT2D eigenvalue weighted by atomic mass is 32.1. The number of carbonyl (C=O) groups is 1. The second-order valence-electron chi connectivity index (χ2n) is 6.32. The fraction of sp³-hybridized carbons (Fsp3) is 0.158. The summed E-state index contributed by atoms with van der Waals surface area (Å²) >= 11 is 1.32. The maximum Gasteiger partial charge on any atom is 0.268 e. The van der Waals surface area contributed by atoms with Crippen LogP contribution >= 0.6 is 11.3 Å². The molecule has 0 fully saturated rings. The van der Waals surface area contributed by atoms with E-state index in [2.05, 4.69) is 15.1 Å². The van der Waals surface area contributed by atoms with Crippen molar-refractivity contribution in [2.75, 3.05) is 7.05 Å². The molecule has 0 radical (unpaired) electrons. The Bertz CT molecular complexity index is 1240. The van der Waals surface area contributed by atoms with Crippen molar-refractivity contribution in [1.82, 2.24) is 24.6 Å². The summed E-state index contributed by atoms with van der Waals surface area (Å²) in [6.45, 7) is 1.84. The van der Waals surface area contributed by atoms with E-state index in [1.807, 2.05) is 0 Å². The van der Waals surface area contributed by atoms with Crippen LogP contribution in [-0.2, 0) is 6.54 Å². The average molecular weight is 397 g/mol. The lowest BCUT2D eigenvalue weighted by molar-refractivity contribution is 0.0781. The molecule has 4 rings (SSSR count). The molecule has 1 aromatic carbocycles. The molecule has 0 saturated heterocycles. The van der Waals surface area contributed by atoms with Crippen molar-refractivity contribution in [2.45, 2.75) is 13.5 Å². The van der Waals surface area contributed by atoms with Gasteiger partial charge >= 0.3 is 0 Å². The minimum atomic E-state index is -0.424. The molecule has 0 atom stereocenters. The maximum atomic E-state index is 14.1. The topological polar surface area (TPSA) is 83.9 Å². The van der Waals surface area contributed by atoms with Crippen molar-refractivity contribution in [2.24, 2.45) is 0 Å². The molecule has 0 spiro atoms. The minimum absolute atomic E-state index is 0.129. The smallest absolute Gasteiger partial charge is 0.268 e. The number of para-hydroxylation sites is 1. The standard InChI is InChI=1S/C19H16FN5O2S/c1-11-12(9-21-25(11)15-6-4-3-5-13(15)20)19(27)24(2)10-16-22-14-7-8-28-17(14)18(26)23-16/h3-9H,10H2,1-2H3,(H,22,23,26). The van der Waals surface area contributed by atoms with Gasteiger partial charge in [-0.25, -0.2) is 14.1 Å².